The van der Waals surface area contributed by atoms with Crippen molar-refractivity contribution in [3.8, 4) is 51.0 Å². The monoisotopic (exact) mass is 430 g/mol. The van der Waals surface area contributed by atoms with E-state index < -0.39 is 0 Å². The van der Waals surface area contributed by atoms with E-state index in [2.05, 4.69) is 4.98 Å². The number of hydrogen-bond donors (Lipinski definition) is 1. The van der Waals surface area contributed by atoms with E-state index in [9.17, 15) is 0 Å². The Balaban J connectivity index is 1.55. The molecule has 2 aromatic heterocycles. The van der Waals surface area contributed by atoms with Crippen molar-refractivity contribution < 1.29 is 9.68 Å². The molecule has 0 aliphatic rings. The Bertz CT molecular complexity index is 1310. The van der Waals surface area contributed by atoms with Gasteiger partial charge in [-0.15, -0.1) is 0 Å². The first-order valence-electron chi connectivity index (χ1n) is 10.5. The number of benzene rings is 3. The summed E-state index contributed by atoms with van der Waals surface area (Å²) in [4.78, 5) is 18.3. The van der Waals surface area contributed by atoms with Gasteiger partial charge in [0.25, 0.3) is 0 Å². The van der Waals surface area contributed by atoms with Crippen molar-refractivity contribution >= 4 is 7.69 Å². The summed E-state index contributed by atoms with van der Waals surface area (Å²) >= 11 is 0. The Labute approximate surface area is 192 Å². The van der Waals surface area contributed by atoms with Gasteiger partial charge in [-0.25, -0.2) is 15.0 Å². The largest absolute Gasteiger partial charge is 0.539 e. The zero-order valence-electron chi connectivity index (χ0n) is 17.7. The zero-order valence-corrected chi connectivity index (χ0v) is 17.7. The first-order valence-corrected chi connectivity index (χ1v) is 10.5. The Hall–Kier alpha value is -4.36. The fraction of sp³-hybridized carbons (Fsp3) is 0. The molecule has 5 rings (SSSR count). The standard InChI is InChI=1S/C26H19BN4O2/c32-27-33-23-8-4-7-22(17-23)18-9-11-20(12-10-18)25-29-24(19-5-2-1-3-6-19)30-26(31-25)21-13-15-28-16-14-21/h1-17,27,32H. The van der Waals surface area contributed by atoms with E-state index in [1.165, 1.54) is 0 Å². The normalized spacial score (nSPS) is 10.6. The molecule has 0 bridgehead atoms. The van der Waals surface area contributed by atoms with Crippen molar-refractivity contribution in [2.45, 2.75) is 0 Å². The smallest absolute Gasteiger partial charge is 0.504 e. The quantitative estimate of drug-likeness (QED) is 0.398. The van der Waals surface area contributed by atoms with Gasteiger partial charge in [-0.1, -0.05) is 66.7 Å². The molecule has 3 aromatic carbocycles. The topological polar surface area (TPSA) is 81.0 Å². The molecule has 33 heavy (non-hydrogen) atoms. The molecule has 0 aliphatic heterocycles. The summed E-state index contributed by atoms with van der Waals surface area (Å²) in [5.74, 6) is 2.43. The third-order valence-corrected chi connectivity index (χ3v) is 5.15. The van der Waals surface area contributed by atoms with Gasteiger partial charge in [0.1, 0.15) is 5.75 Å². The molecule has 5 aromatic rings. The van der Waals surface area contributed by atoms with Crippen LogP contribution < -0.4 is 4.65 Å². The molecule has 0 unspecified atom stereocenters. The average molecular weight is 430 g/mol. The van der Waals surface area contributed by atoms with Gasteiger partial charge in [0, 0.05) is 29.1 Å². The summed E-state index contributed by atoms with van der Waals surface area (Å²) in [6.07, 6.45) is 3.45. The molecule has 0 aliphatic carbocycles. The van der Waals surface area contributed by atoms with E-state index in [1.54, 1.807) is 12.4 Å². The maximum absolute atomic E-state index is 9.01. The first kappa shape index (κ1) is 20.5. The summed E-state index contributed by atoms with van der Waals surface area (Å²) in [5, 5.41) is 9.01. The molecule has 0 atom stereocenters. The molecule has 6 nitrogen and oxygen atoms in total. The molecule has 0 spiro atoms. The van der Waals surface area contributed by atoms with Crippen LogP contribution in [0.2, 0.25) is 0 Å². The van der Waals surface area contributed by atoms with E-state index in [4.69, 9.17) is 24.6 Å². The van der Waals surface area contributed by atoms with Gasteiger partial charge in [0.2, 0.25) is 0 Å². The van der Waals surface area contributed by atoms with Crippen molar-refractivity contribution in [3.63, 3.8) is 0 Å². The lowest BCUT2D eigenvalue weighted by molar-refractivity contribution is 0.454. The number of nitrogens with zero attached hydrogens (tertiary/aromatic N) is 4. The Kier molecular flexibility index (Phi) is 5.86. The summed E-state index contributed by atoms with van der Waals surface area (Å²) < 4.78 is 5.20. The third kappa shape index (κ3) is 4.63. The highest BCUT2D eigenvalue weighted by Crippen LogP contribution is 2.28. The number of pyridine rings is 1. The van der Waals surface area contributed by atoms with E-state index in [0.29, 0.717) is 23.2 Å². The predicted molar refractivity (Wildman–Crippen MR) is 129 cm³/mol. The van der Waals surface area contributed by atoms with Crippen molar-refractivity contribution in [2.75, 3.05) is 0 Å². The molecule has 0 fully saturated rings. The number of hydrogen-bond acceptors (Lipinski definition) is 6. The van der Waals surface area contributed by atoms with Gasteiger partial charge in [-0.2, -0.15) is 0 Å². The van der Waals surface area contributed by atoms with Crippen LogP contribution in [0.3, 0.4) is 0 Å². The van der Waals surface area contributed by atoms with Gasteiger partial charge in [-0.3, -0.25) is 4.98 Å². The number of aromatic nitrogens is 4. The molecule has 1 N–H and O–H groups in total. The minimum atomic E-state index is -0.356. The lowest BCUT2D eigenvalue weighted by atomic mass is 10.0. The van der Waals surface area contributed by atoms with Crippen LogP contribution in [0.25, 0.3) is 45.3 Å². The van der Waals surface area contributed by atoms with Crippen molar-refractivity contribution in [2.24, 2.45) is 0 Å². The molecular weight excluding hydrogens is 411 g/mol. The van der Waals surface area contributed by atoms with Crippen LogP contribution in [0.4, 0.5) is 0 Å². The molecule has 0 saturated heterocycles. The van der Waals surface area contributed by atoms with Gasteiger partial charge in [-0.05, 0) is 35.4 Å². The second-order valence-corrected chi connectivity index (χ2v) is 7.29. The highest BCUT2D eigenvalue weighted by molar-refractivity contribution is 6.17. The van der Waals surface area contributed by atoms with E-state index >= 15 is 0 Å². The lowest BCUT2D eigenvalue weighted by Gasteiger charge is -2.09. The maximum atomic E-state index is 9.01. The van der Waals surface area contributed by atoms with Crippen molar-refractivity contribution in [1.29, 1.82) is 0 Å². The summed E-state index contributed by atoms with van der Waals surface area (Å²) in [6, 6.07) is 29.3. The lowest BCUT2D eigenvalue weighted by Crippen LogP contribution is -2.00. The maximum Gasteiger partial charge on any atom is 0.504 e. The molecular formula is C26H19BN4O2. The number of rotatable bonds is 6. The molecule has 7 heteroatoms. The molecule has 0 radical (unpaired) electrons. The van der Waals surface area contributed by atoms with Crippen LogP contribution in [-0.2, 0) is 0 Å². The first-order chi connectivity index (χ1) is 16.3. The van der Waals surface area contributed by atoms with Gasteiger partial charge in [0.15, 0.2) is 17.5 Å². The second kappa shape index (κ2) is 9.42. The van der Waals surface area contributed by atoms with Crippen LogP contribution in [-0.4, -0.2) is 32.6 Å². The molecule has 0 amide bonds. The van der Waals surface area contributed by atoms with Crippen LogP contribution in [0.15, 0.2) is 103 Å². The fourth-order valence-corrected chi connectivity index (χ4v) is 3.50. The fourth-order valence-electron chi connectivity index (χ4n) is 3.50. The van der Waals surface area contributed by atoms with Crippen LogP contribution in [0.5, 0.6) is 5.75 Å². The van der Waals surface area contributed by atoms with Crippen LogP contribution >= 0.6 is 0 Å². The van der Waals surface area contributed by atoms with Gasteiger partial charge >= 0.3 is 7.69 Å². The van der Waals surface area contributed by atoms with E-state index in [-0.39, 0.29) is 7.69 Å². The van der Waals surface area contributed by atoms with Gasteiger partial charge in [0.05, 0.1) is 0 Å². The zero-order chi connectivity index (χ0) is 22.5. The minimum Gasteiger partial charge on any atom is -0.539 e. The Morgan fingerprint density at radius 1 is 0.545 bits per heavy atom. The summed E-state index contributed by atoms with van der Waals surface area (Å²) in [6.45, 7) is 0. The summed E-state index contributed by atoms with van der Waals surface area (Å²) in [7, 11) is -0.356. The highest BCUT2D eigenvalue weighted by Gasteiger charge is 2.12. The molecule has 158 valence electrons. The van der Waals surface area contributed by atoms with Crippen molar-refractivity contribution in [3.05, 3.63) is 103 Å². The Morgan fingerprint density at radius 2 is 1.09 bits per heavy atom. The predicted octanol–water partition coefficient (Wildman–Crippen LogP) is 4.57. The minimum absolute atomic E-state index is 0.356. The molecule has 0 saturated carbocycles. The highest BCUT2D eigenvalue weighted by atomic mass is 16.5. The Morgan fingerprint density at radius 3 is 1.73 bits per heavy atom. The average Bonchev–Trinajstić information content (AvgIpc) is 2.90. The van der Waals surface area contributed by atoms with E-state index in [1.807, 2.05) is 91.0 Å². The summed E-state index contributed by atoms with van der Waals surface area (Å²) in [5.41, 5.74) is 4.70. The molecule has 2 heterocycles. The van der Waals surface area contributed by atoms with Crippen LogP contribution in [0, 0.1) is 0 Å². The van der Waals surface area contributed by atoms with E-state index in [0.717, 1.165) is 27.8 Å². The second-order valence-electron chi connectivity index (χ2n) is 7.29. The van der Waals surface area contributed by atoms with Gasteiger partial charge < -0.3 is 9.68 Å². The third-order valence-electron chi connectivity index (χ3n) is 5.15. The van der Waals surface area contributed by atoms with Crippen LogP contribution in [0.1, 0.15) is 0 Å². The SMILES string of the molecule is OBOc1cccc(-c2ccc(-c3nc(-c4ccccc4)nc(-c4ccncc4)n3)cc2)c1. The van der Waals surface area contributed by atoms with Crippen molar-refractivity contribution in [1.82, 2.24) is 19.9 Å².